The summed E-state index contributed by atoms with van der Waals surface area (Å²) in [6.07, 6.45) is 8.44. The highest BCUT2D eigenvalue weighted by Gasteiger charge is 2.33. The average Bonchev–Trinajstić information content (AvgIpc) is 3.23. The Morgan fingerprint density at radius 3 is 2.70 bits per heavy atom. The van der Waals surface area contributed by atoms with E-state index in [0.717, 1.165) is 89.1 Å². The maximum absolute atomic E-state index is 12.8. The van der Waals surface area contributed by atoms with E-state index in [4.69, 9.17) is 9.72 Å². The molecule has 0 bridgehead atoms. The van der Waals surface area contributed by atoms with E-state index < -0.39 is 12.0 Å². The van der Waals surface area contributed by atoms with Crippen molar-refractivity contribution < 1.29 is 19.4 Å². The van der Waals surface area contributed by atoms with Gasteiger partial charge < -0.3 is 30.3 Å². The summed E-state index contributed by atoms with van der Waals surface area (Å²) in [6, 6.07) is 3.44. The Labute approximate surface area is 222 Å². The number of hydrogen-bond donors (Lipinski definition) is 3. The number of unbranched alkanes of at least 4 members (excludes halogenated alkanes) is 1. The minimum atomic E-state index is -0.984. The van der Waals surface area contributed by atoms with E-state index in [1.807, 2.05) is 13.8 Å². The van der Waals surface area contributed by atoms with Gasteiger partial charge >= 0.3 is 12.0 Å². The zero-order valence-corrected chi connectivity index (χ0v) is 23.0. The fraction of sp³-hybridized carbons (Fsp3) is 0.750. The quantitative estimate of drug-likeness (QED) is 0.303. The molecule has 1 aromatic heterocycles. The van der Waals surface area contributed by atoms with E-state index in [1.165, 1.54) is 5.56 Å². The molecule has 0 radical (unpaired) electrons. The molecule has 9 nitrogen and oxygen atoms in total. The number of fused-ring (bicyclic) bond motifs is 1. The van der Waals surface area contributed by atoms with Crippen LogP contribution in [0.1, 0.15) is 77.0 Å². The van der Waals surface area contributed by atoms with E-state index in [0.29, 0.717) is 19.6 Å². The molecule has 3 N–H and O–H groups in total. The molecule has 0 aliphatic carbocycles. The number of urea groups is 1. The van der Waals surface area contributed by atoms with Crippen LogP contribution >= 0.6 is 0 Å². The third kappa shape index (κ3) is 9.14. The number of carboxylic acid groups (broad SMARTS) is 1. The molecule has 0 saturated carbocycles. The first-order valence-corrected chi connectivity index (χ1v) is 14.2. The highest BCUT2D eigenvalue weighted by atomic mass is 16.5. The van der Waals surface area contributed by atoms with Gasteiger partial charge in [-0.2, -0.15) is 0 Å². The maximum atomic E-state index is 12.8. The van der Waals surface area contributed by atoms with Gasteiger partial charge in [0.25, 0.3) is 0 Å². The van der Waals surface area contributed by atoms with Crippen LogP contribution in [-0.2, 0) is 22.4 Å². The number of rotatable bonds is 15. The molecule has 37 heavy (non-hydrogen) atoms. The lowest BCUT2D eigenvalue weighted by molar-refractivity contribution is -0.139. The van der Waals surface area contributed by atoms with E-state index in [2.05, 4.69) is 34.6 Å². The van der Waals surface area contributed by atoms with Crippen molar-refractivity contribution in [1.82, 2.24) is 20.1 Å². The summed E-state index contributed by atoms with van der Waals surface area (Å²) in [5.74, 6) is 0.0556. The summed E-state index contributed by atoms with van der Waals surface area (Å²) in [6.45, 7) is 10.7. The second-order valence-corrected chi connectivity index (χ2v) is 10.6. The molecule has 3 rings (SSSR count). The number of aromatic nitrogens is 1. The van der Waals surface area contributed by atoms with Crippen LogP contribution in [-0.4, -0.2) is 89.4 Å². The van der Waals surface area contributed by atoms with Crippen molar-refractivity contribution in [3.63, 3.8) is 0 Å². The van der Waals surface area contributed by atoms with Crippen LogP contribution in [0.25, 0.3) is 0 Å². The van der Waals surface area contributed by atoms with Crippen molar-refractivity contribution in [3.05, 3.63) is 23.4 Å². The minimum absolute atomic E-state index is 0.136. The first-order chi connectivity index (χ1) is 17.9. The summed E-state index contributed by atoms with van der Waals surface area (Å²) in [5, 5.41) is 16.0. The lowest BCUT2D eigenvalue weighted by Crippen LogP contribution is -2.51. The monoisotopic (exact) mass is 517 g/mol. The fourth-order valence-corrected chi connectivity index (χ4v) is 5.31. The Hall–Kier alpha value is -2.39. The topological polar surface area (TPSA) is 107 Å². The van der Waals surface area contributed by atoms with Crippen LogP contribution in [0.3, 0.4) is 0 Å². The lowest BCUT2D eigenvalue weighted by Gasteiger charge is -2.29. The second kappa shape index (κ2) is 15.1. The smallest absolute Gasteiger partial charge is 0.326 e. The number of pyridine rings is 1. The van der Waals surface area contributed by atoms with Crippen LogP contribution in [0, 0.1) is 0 Å². The highest BCUT2D eigenvalue weighted by Crippen LogP contribution is 2.23. The maximum Gasteiger partial charge on any atom is 0.326 e. The van der Waals surface area contributed by atoms with Gasteiger partial charge in [0.1, 0.15) is 11.9 Å². The number of carboxylic acids is 1. The summed E-state index contributed by atoms with van der Waals surface area (Å²) in [4.78, 5) is 33.6. The number of hydrogen-bond acceptors (Lipinski definition) is 6. The number of aryl methyl sites for hydroxylation is 2. The second-order valence-electron chi connectivity index (χ2n) is 10.6. The molecule has 0 aromatic carbocycles. The van der Waals surface area contributed by atoms with Crippen LogP contribution in [0.4, 0.5) is 10.6 Å². The van der Waals surface area contributed by atoms with Gasteiger partial charge in [-0.05, 0) is 89.8 Å². The highest BCUT2D eigenvalue weighted by molar-refractivity contribution is 5.83. The third-order valence-corrected chi connectivity index (χ3v) is 7.53. The zero-order chi connectivity index (χ0) is 26.6. The van der Waals surface area contributed by atoms with Crippen molar-refractivity contribution in [2.45, 2.75) is 96.7 Å². The number of ether oxygens (including phenoxy) is 1. The molecule has 9 heteroatoms. The van der Waals surface area contributed by atoms with Gasteiger partial charge in [-0.25, -0.2) is 14.6 Å². The molecule has 0 spiro atoms. The Bertz CT molecular complexity index is 857. The van der Waals surface area contributed by atoms with Gasteiger partial charge in [0, 0.05) is 44.0 Å². The zero-order valence-electron chi connectivity index (χ0n) is 23.0. The summed E-state index contributed by atoms with van der Waals surface area (Å²) >= 11 is 0. The van der Waals surface area contributed by atoms with Crippen LogP contribution < -0.4 is 10.6 Å². The van der Waals surface area contributed by atoms with Gasteiger partial charge in [-0.1, -0.05) is 13.0 Å². The van der Waals surface area contributed by atoms with Crippen molar-refractivity contribution in [3.8, 4) is 0 Å². The number of amides is 2. The molecule has 2 aliphatic rings. The first kappa shape index (κ1) is 29.2. The predicted octanol–water partition coefficient (Wildman–Crippen LogP) is 3.92. The van der Waals surface area contributed by atoms with Crippen molar-refractivity contribution in [2.24, 2.45) is 0 Å². The molecule has 3 unspecified atom stereocenters. The molecule has 1 fully saturated rings. The number of aliphatic carboxylic acids is 1. The average molecular weight is 518 g/mol. The Balaban J connectivity index is 1.48. The number of carbonyl (C=O) groups is 2. The largest absolute Gasteiger partial charge is 0.480 e. The third-order valence-electron chi connectivity index (χ3n) is 7.53. The number of carbonyl (C=O) groups excluding carboxylic acids is 1. The Morgan fingerprint density at radius 2 is 1.97 bits per heavy atom. The normalized spacial score (nSPS) is 19.9. The first-order valence-electron chi connectivity index (χ1n) is 14.2. The predicted molar refractivity (Wildman–Crippen MR) is 146 cm³/mol. The lowest BCUT2D eigenvalue weighted by atomic mass is 10.1. The standard InChI is InChI=1S/C28H47N5O4/c1-4-19-37-20-18-32(16-6-5-9-24-13-12-23-8-7-15-29-26(23)30-24)17-14-25(27(34)35)31-28(36)33-21(2)10-11-22(33)3/h12-13,21-22,25H,4-11,14-20H2,1-3H3,(H,29,30)(H,31,36)(H,34,35). The molecule has 2 aliphatic heterocycles. The summed E-state index contributed by atoms with van der Waals surface area (Å²) < 4.78 is 5.70. The SMILES string of the molecule is CCCOCCN(CCCCc1ccc2c(n1)NCCC2)CCC(NC(=O)N1C(C)CCC1C)C(=O)O. The van der Waals surface area contributed by atoms with Gasteiger partial charge in [0.2, 0.25) is 0 Å². The molecule has 1 saturated heterocycles. The molecule has 3 heterocycles. The van der Waals surface area contributed by atoms with E-state index >= 15 is 0 Å². The van der Waals surface area contributed by atoms with Gasteiger partial charge in [-0.3, -0.25) is 0 Å². The molecule has 1 aromatic rings. The van der Waals surface area contributed by atoms with Gasteiger partial charge in [-0.15, -0.1) is 0 Å². The van der Waals surface area contributed by atoms with Crippen molar-refractivity contribution >= 4 is 17.8 Å². The van der Waals surface area contributed by atoms with Crippen molar-refractivity contribution in [2.75, 3.05) is 44.7 Å². The molecule has 2 amide bonds. The van der Waals surface area contributed by atoms with E-state index in [-0.39, 0.29) is 18.1 Å². The Kier molecular flexibility index (Phi) is 11.9. The van der Waals surface area contributed by atoms with Crippen LogP contribution in [0.2, 0.25) is 0 Å². The molecule has 208 valence electrons. The van der Waals surface area contributed by atoms with E-state index in [9.17, 15) is 14.7 Å². The molecular weight excluding hydrogens is 470 g/mol. The minimum Gasteiger partial charge on any atom is -0.480 e. The number of likely N-dealkylation sites (tertiary alicyclic amines) is 1. The number of nitrogens with one attached hydrogen (secondary N) is 2. The molecule has 3 atom stereocenters. The number of anilines is 1. The van der Waals surface area contributed by atoms with Crippen molar-refractivity contribution in [1.29, 1.82) is 0 Å². The van der Waals surface area contributed by atoms with Crippen LogP contribution in [0.15, 0.2) is 12.1 Å². The Morgan fingerprint density at radius 1 is 1.19 bits per heavy atom. The summed E-state index contributed by atoms with van der Waals surface area (Å²) in [5.41, 5.74) is 2.42. The van der Waals surface area contributed by atoms with Crippen LogP contribution in [0.5, 0.6) is 0 Å². The summed E-state index contributed by atoms with van der Waals surface area (Å²) in [7, 11) is 0. The van der Waals surface area contributed by atoms with Gasteiger partial charge in [0.15, 0.2) is 0 Å². The molecular formula is C28H47N5O4. The number of nitrogens with zero attached hydrogens (tertiary/aromatic N) is 3. The van der Waals surface area contributed by atoms with Gasteiger partial charge in [0.05, 0.1) is 6.61 Å². The van der Waals surface area contributed by atoms with E-state index in [1.54, 1.807) is 4.90 Å². The fourth-order valence-electron chi connectivity index (χ4n) is 5.31.